The molecule has 0 saturated carbocycles. The largest absolute Gasteiger partial charge is 0.453 e. The Morgan fingerprint density at radius 2 is 1.92 bits per heavy atom. The van der Waals surface area contributed by atoms with Gasteiger partial charge >= 0.3 is 16.2 Å². The number of aromatic amines is 1. The van der Waals surface area contributed by atoms with Crippen molar-refractivity contribution in [3.8, 4) is 5.75 Å². The second-order valence-electron chi connectivity index (χ2n) is 4.73. The molecule has 0 unspecified atom stereocenters. The Balaban J connectivity index is 1.91. The monoisotopic (exact) mass is 347 g/mol. The summed E-state index contributed by atoms with van der Waals surface area (Å²) in [4.78, 5) is 18.1. The molecule has 3 rings (SSSR count). The zero-order chi connectivity index (χ0) is 17.2. The van der Waals surface area contributed by atoms with Crippen molar-refractivity contribution in [3.63, 3.8) is 0 Å². The number of fused-ring (bicyclic) bond motifs is 1. The highest BCUT2D eigenvalue weighted by molar-refractivity contribution is 7.87. The number of benzene rings is 2. The summed E-state index contributed by atoms with van der Waals surface area (Å²) in [5, 5.41) is 2.37. The van der Waals surface area contributed by atoms with Crippen molar-refractivity contribution >= 4 is 33.2 Å². The molecular formula is C15H13N3O5S. The molecule has 24 heavy (non-hydrogen) atoms. The zero-order valence-corrected chi connectivity index (χ0v) is 13.3. The van der Waals surface area contributed by atoms with Gasteiger partial charge in [-0.3, -0.25) is 5.32 Å². The molecule has 0 atom stereocenters. The van der Waals surface area contributed by atoms with Gasteiger partial charge in [-0.15, -0.1) is 0 Å². The second-order valence-corrected chi connectivity index (χ2v) is 6.28. The van der Waals surface area contributed by atoms with Crippen molar-refractivity contribution in [1.29, 1.82) is 0 Å². The fourth-order valence-corrected chi connectivity index (χ4v) is 2.95. The normalized spacial score (nSPS) is 11.2. The minimum absolute atomic E-state index is 0.0463. The smallest absolute Gasteiger partial charge is 0.413 e. The van der Waals surface area contributed by atoms with Crippen LogP contribution in [-0.4, -0.2) is 31.6 Å². The van der Waals surface area contributed by atoms with Crippen LogP contribution in [0.1, 0.15) is 0 Å². The van der Waals surface area contributed by atoms with Gasteiger partial charge in [0.25, 0.3) is 0 Å². The van der Waals surface area contributed by atoms with E-state index in [1.807, 2.05) is 0 Å². The number of rotatable bonds is 4. The number of nitrogens with zero attached hydrogens (tertiary/aromatic N) is 1. The molecule has 8 nitrogen and oxygen atoms in total. The van der Waals surface area contributed by atoms with E-state index in [1.54, 1.807) is 30.3 Å². The van der Waals surface area contributed by atoms with Gasteiger partial charge in [-0.1, -0.05) is 18.2 Å². The first-order valence-corrected chi connectivity index (χ1v) is 8.23. The Morgan fingerprint density at radius 1 is 1.17 bits per heavy atom. The van der Waals surface area contributed by atoms with Crippen LogP contribution in [0.4, 0.5) is 10.7 Å². The summed E-state index contributed by atoms with van der Waals surface area (Å²) in [6.07, 6.45) is -0.686. The molecule has 0 radical (unpaired) electrons. The Kier molecular flexibility index (Phi) is 4.09. The summed E-state index contributed by atoms with van der Waals surface area (Å²) >= 11 is 0. The molecule has 1 amide bonds. The van der Waals surface area contributed by atoms with Crippen molar-refractivity contribution in [2.24, 2.45) is 0 Å². The molecular weight excluding hydrogens is 334 g/mol. The van der Waals surface area contributed by atoms with E-state index in [4.69, 9.17) is 4.18 Å². The maximum Gasteiger partial charge on any atom is 0.413 e. The molecule has 1 heterocycles. The van der Waals surface area contributed by atoms with Gasteiger partial charge in [-0.2, -0.15) is 8.42 Å². The lowest BCUT2D eigenvalue weighted by molar-refractivity contribution is 0.186. The number of anilines is 1. The van der Waals surface area contributed by atoms with E-state index in [9.17, 15) is 13.2 Å². The number of aromatic nitrogens is 2. The van der Waals surface area contributed by atoms with Crippen molar-refractivity contribution in [1.82, 2.24) is 9.97 Å². The molecule has 0 saturated heterocycles. The number of para-hydroxylation sites is 1. The zero-order valence-electron chi connectivity index (χ0n) is 12.5. The molecule has 0 aliphatic carbocycles. The third kappa shape index (κ3) is 3.30. The minimum Gasteiger partial charge on any atom is -0.453 e. The van der Waals surface area contributed by atoms with Gasteiger partial charge in [-0.05, 0) is 30.3 Å². The Hall–Kier alpha value is -3.07. The average molecular weight is 347 g/mol. The first kappa shape index (κ1) is 15.8. The average Bonchev–Trinajstić information content (AvgIpc) is 2.96. The summed E-state index contributed by atoms with van der Waals surface area (Å²) in [7, 11) is -2.76. The fraction of sp³-hybridized carbons (Fsp3) is 0.0667. The van der Waals surface area contributed by atoms with Gasteiger partial charge in [0.05, 0.1) is 18.1 Å². The number of methoxy groups -OCH3 is 1. The van der Waals surface area contributed by atoms with Crippen molar-refractivity contribution < 1.29 is 22.1 Å². The van der Waals surface area contributed by atoms with Crippen LogP contribution in [0, 0.1) is 0 Å². The summed E-state index contributed by atoms with van der Waals surface area (Å²) in [5.41, 5.74) is 0.916. The van der Waals surface area contributed by atoms with Gasteiger partial charge in [0.15, 0.2) is 0 Å². The highest BCUT2D eigenvalue weighted by Crippen LogP contribution is 2.22. The van der Waals surface area contributed by atoms with Gasteiger partial charge in [0.1, 0.15) is 10.6 Å². The van der Waals surface area contributed by atoms with Crippen LogP contribution in [0.2, 0.25) is 0 Å². The van der Waals surface area contributed by atoms with Gasteiger partial charge in [0.2, 0.25) is 5.95 Å². The Morgan fingerprint density at radius 3 is 2.62 bits per heavy atom. The lowest BCUT2D eigenvalue weighted by atomic mass is 10.3. The first-order valence-electron chi connectivity index (χ1n) is 6.82. The Labute approximate surface area is 137 Å². The topological polar surface area (TPSA) is 110 Å². The fourth-order valence-electron chi connectivity index (χ4n) is 2.00. The van der Waals surface area contributed by atoms with Crippen LogP contribution >= 0.6 is 0 Å². The minimum atomic E-state index is -3.99. The van der Waals surface area contributed by atoms with E-state index in [-0.39, 0.29) is 16.6 Å². The SMILES string of the molecule is COC(=O)Nc1nc2cc(S(=O)(=O)Oc3ccccc3)ccc2[nH]1. The molecule has 9 heteroatoms. The molecule has 0 fully saturated rings. The summed E-state index contributed by atoms with van der Waals surface area (Å²) in [6, 6.07) is 12.5. The van der Waals surface area contributed by atoms with E-state index in [1.165, 1.54) is 25.3 Å². The number of carbonyl (C=O) groups is 1. The van der Waals surface area contributed by atoms with Crippen LogP contribution in [-0.2, 0) is 14.9 Å². The molecule has 2 aromatic carbocycles. The molecule has 0 bridgehead atoms. The Bertz CT molecular complexity index is 983. The molecule has 1 aromatic heterocycles. The van der Waals surface area contributed by atoms with Crippen molar-refractivity contribution in [2.75, 3.05) is 12.4 Å². The first-order chi connectivity index (χ1) is 11.5. The van der Waals surface area contributed by atoms with E-state index >= 15 is 0 Å². The standard InChI is InChI=1S/C15H13N3O5S/c1-22-15(19)18-14-16-12-8-7-11(9-13(12)17-14)24(20,21)23-10-5-3-2-4-6-10/h2-9H,1H3,(H2,16,17,18,19). The van der Waals surface area contributed by atoms with Crippen molar-refractivity contribution in [3.05, 3.63) is 48.5 Å². The van der Waals surface area contributed by atoms with Gasteiger partial charge < -0.3 is 13.9 Å². The van der Waals surface area contributed by atoms with E-state index in [0.29, 0.717) is 11.0 Å². The number of imidazole rings is 1. The maximum absolute atomic E-state index is 12.3. The van der Waals surface area contributed by atoms with E-state index in [2.05, 4.69) is 20.0 Å². The van der Waals surface area contributed by atoms with E-state index < -0.39 is 16.2 Å². The molecule has 0 aliphatic heterocycles. The summed E-state index contributed by atoms with van der Waals surface area (Å²) < 4.78 is 34.2. The summed E-state index contributed by atoms with van der Waals surface area (Å²) in [6.45, 7) is 0. The third-order valence-corrected chi connectivity index (χ3v) is 4.34. The lowest BCUT2D eigenvalue weighted by Crippen LogP contribution is -2.11. The number of carbonyl (C=O) groups excluding carboxylic acids is 1. The number of hydrogen-bond donors (Lipinski definition) is 2. The highest BCUT2D eigenvalue weighted by Gasteiger charge is 2.18. The number of amides is 1. The predicted molar refractivity (Wildman–Crippen MR) is 86.4 cm³/mol. The highest BCUT2D eigenvalue weighted by atomic mass is 32.2. The lowest BCUT2D eigenvalue weighted by Gasteiger charge is -2.06. The van der Waals surface area contributed by atoms with Gasteiger partial charge in [-0.25, -0.2) is 9.78 Å². The predicted octanol–water partition coefficient (Wildman–Crippen LogP) is 2.51. The number of ether oxygens (including phenoxy) is 1. The van der Waals surface area contributed by atoms with Crippen LogP contribution < -0.4 is 9.50 Å². The summed E-state index contributed by atoms with van der Waals surface area (Å²) in [5.74, 6) is 0.364. The van der Waals surface area contributed by atoms with E-state index in [0.717, 1.165) is 0 Å². The second kappa shape index (κ2) is 6.20. The van der Waals surface area contributed by atoms with Crippen LogP contribution in [0.5, 0.6) is 5.75 Å². The third-order valence-electron chi connectivity index (χ3n) is 3.10. The molecule has 2 N–H and O–H groups in total. The molecule has 0 aliphatic rings. The molecule has 3 aromatic rings. The molecule has 0 spiro atoms. The van der Waals surface area contributed by atoms with Crippen molar-refractivity contribution in [2.45, 2.75) is 4.90 Å². The quantitative estimate of drug-likeness (QED) is 0.702. The van der Waals surface area contributed by atoms with Crippen LogP contribution in [0.15, 0.2) is 53.4 Å². The number of hydrogen-bond acceptors (Lipinski definition) is 6. The van der Waals surface area contributed by atoms with Crippen LogP contribution in [0.3, 0.4) is 0 Å². The maximum atomic E-state index is 12.3. The number of H-pyrrole nitrogens is 1. The molecule has 124 valence electrons. The number of nitrogens with one attached hydrogen (secondary N) is 2. The van der Waals surface area contributed by atoms with Crippen LogP contribution in [0.25, 0.3) is 11.0 Å². The van der Waals surface area contributed by atoms with Gasteiger partial charge in [0, 0.05) is 0 Å².